The van der Waals surface area contributed by atoms with Crippen LogP contribution in [0.5, 0.6) is 5.75 Å². The number of nitrogens with zero attached hydrogens (tertiary/aromatic N) is 1. The molecule has 272 valence electrons. The minimum Gasteiger partial charge on any atom is -0.472 e. The average molecular weight is 750 g/mol. The normalized spacial score (nSPS) is 18.3. The summed E-state index contributed by atoms with van der Waals surface area (Å²) < 4.78 is 27.8. The molecule has 1 aliphatic carbocycles. The molecule has 0 aromatic heterocycles. The third-order valence-corrected chi connectivity index (χ3v) is 13.8. The van der Waals surface area contributed by atoms with Crippen molar-refractivity contribution in [2.24, 2.45) is 0 Å². The van der Waals surface area contributed by atoms with Gasteiger partial charge in [-0.25, -0.2) is 4.39 Å². The summed E-state index contributed by atoms with van der Waals surface area (Å²) in [5.74, 6) is 0.621. The minimum absolute atomic E-state index is 0.213. The summed E-state index contributed by atoms with van der Waals surface area (Å²) >= 11 is 3.57. The van der Waals surface area contributed by atoms with Crippen LogP contribution < -0.4 is 9.64 Å². The van der Waals surface area contributed by atoms with Crippen molar-refractivity contribution >= 4 is 46.1 Å². The SMILES string of the molecule is CCC1(CC)c2cc(-c3ccccc3)ccc2-c2c1c1c(c3cc(SC)c(SC)cc23)OC(c2ccc(F)cc2)(c2ccc(N3CCOCC3)cc2)C=C1. The van der Waals surface area contributed by atoms with Gasteiger partial charge in [-0.15, -0.1) is 23.5 Å². The molecule has 1 fully saturated rings. The van der Waals surface area contributed by atoms with Crippen LogP contribution in [-0.2, 0) is 15.8 Å². The molecular weight excluding hydrogens is 706 g/mol. The van der Waals surface area contributed by atoms with Crippen molar-refractivity contribution in [1.29, 1.82) is 0 Å². The molecule has 1 atom stereocenters. The molecule has 9 rings (SSSR count). The Morgan fingerprint density at radius 1 is 0.722 bits per heavy atom. The highest BCUT2D eigenvalue weighted by atomic mass is 32.2. The van der Waals surface area contributed by atoms with E-state index < -0.39 is 5.60 Å². The van der Waals surface area contributed by atoms with Crippen LogP contribution in [-0.4, -0.2) is 38.8 Å². The molecule has 1 saturated heterocycles. The topological polar surface area (TPSA) is 21.7 Å². The summed E-state index contributed by atoms with van der Waals surface area (Å²) in [4.78, 5) is 4.86. The molecule has 1 unspecified atom stereocenters. The highest BCUT2D eigenvalue weighted by Gasteiger charge is 2.47. The number of anilines is 1. The molecule has 3 nitrogen and oxygen atoms in total. The average Bonchev–Trinajstić information content (AvgIpc) is 3.54. The van der Waals surface area contributed by atoms with Crippen LogP contribution in [0, 0.1) is 5.82 Å². The zero-order valence-electron chi connectivity index (χ0n) is 31.2. The van der Waals surface area contributed by atoms with Gasteiger partial charge in [0.1, 0.15) is 11.6 Å². The van der Waals surface area contributed by atoms with E-state index in [-0.39, 0.29) is 11.2 Å². The van der Waals surface area contributed by atoms with Gasteiger partial charge in [-0.1, -0.05) is 86.7 Å². The molecule has 3 aliphatic rings. The standard InChI is InChI=1S/C48H44FNO2S2/c1-5-47(6-2)41-28-32(31-10-8-7-9-11-31)12-21-37(41)44-39-29-42(53-3)43(54-4)30-40(39)46-38(45(44)47)22-23-48(52-46,33-13-17-35(49)18-14-33)34-15-19-36(20-16-34)50-24-26-51-27-25-50/h7-23,28-30H,5-6,24-27H2,1-4H3. The monoisotopic (exact) mass is 749 g/mol. The number of rotatable bonds is 8. The number of ether oxygens (including phenoxy) is 2. The molecule has 54 heavy (non-hydrogen) atoms. The zero-order chi connectivity index (χ0) is 37.0. The van der Waals surface area contributed by atoms with E-state index in [1.165, 1.54) is 48.6 Å². The summed E-state index contributed by atoms with van der Waals surface area (Å²) in [6.45, 7) is 7.86. The van der Waals surface area contributed by atoms with E-state index >= 15 is 0 Å². The first kappa shape index (κ1) is 35.2. The number of thioether (sulfide) groups is 2. The van der Waals surface area contributed by atoms with Crippen LogP contribution in [0.15, 0.2) is 125 Å². The van der Waals surface area contributed by atoms with Gasteiger partial charge in [0, 0.05) is 56.1 Å². The van der Waals surface area contributed by atoms with E-state index in [1.54, 1.807) is 35.7 Å². The lowest BCUT2D eigenvalue weighted by atomic mass is 9.70. The lowest BCUT2D eigenvalue weighted by Gasteiger charge is -2.39. The van der Waals surface area contributed by atoms with Gasteiger partial charge in [-0.05, 0) is 113 Å². The predicted molar refractivity (Wildman–Crippen MR) is 226 cm³/mol. The number of halogens is 1. The number of hydrogen-bond acceptors (Lipinski definition) is 5. The Bertz CT molecular complexity index is 2400. The first-order chi connectivity index (χ1) is 26.4. The van der Waals surface area contributed by atoms with Crippen molar-refractivity contribution in [3.05, 3.63) is 149 Å². The highest BCUT2D eigenvalue weighted by Crippen LogP contribution is 2.61. The van der Waals surface area contributed by atoms with Crippen LogP contribution in [0.2, 0.25) is 0 Å². The summed E-state index contributed by atoms with van der Waals surface area (Å²) in [6.07, 6.45) is 10.8. The van der Waals surface area contributed by atoms with E-state index in [2.05, 4.69) is 128 Å². The van der Waals surface area contributed by atoms with Gasteiger partial charge in [0.05, 0.1) is 13.2 Å². The molecule has 0 spiro atoms. The quantitative estimate of drug-likeness (QED) is 0.144. The maximum absolute atomic E-state index is 14.5. The Morgan fingerprint density at radius 2 is 1.37 bits per heavy atom. The van der Waals surface area contributed by atoms with Gasteiger partial charge in [0.2, 0.25) is 0 Å². The molecule has 6 aromatic rings. The predicted octanol–water partition coefficient (Wildman–Crippen LogP) is 12.4. The van der Waals surface area contributed by atoms with Gasteiger partial charge < -0.3 is 14.4 Å². The molecule has 2 aliphatic heterocycles. The summed E-state index contributed by atoms with van der Waals surface area (Å²) in [5.41, 5.74) is 10.8. The van der Waals surface area contributed by atoms with Crippen molar-refractivity contribution in [3.63, 3.8) is 0 Å². The summed E-state index contributed by atoms with van der Waals surface area (Å²) in [6, 6.07) is 38.2. The second-order valence-electron chi connectivity index (χ2n) is 14.5. The maximum Gasteiger partial charge on any atom is 0.178 e. The fourth-order valence-electron chi connectivity index (χ4n) is 9.25. The lowest BCUT2D eigenvalue weighted by Crippen LogP contribution is -2.37. The van der Waals surface area contributed by atoms with Crippen molar-refractivity contribution in [2.75, 3.05) is 43.7 Å². The minimum atomic E-state index is -0.976. The van der Waals surface area contributed by atoms with Crippen LogP contribution in [0.25, 0.3) is 39.1 Å². The van der Waals surface area contributed by atoms with Gasteiger partial charge in [-0.3, -0.25) is 0 Å². The smallest absolute Gasteiger partial charge is 0.178 e. The van der Waals surface area contributed by atoms with Crippen molar-refractivity contribution in [1.82, 2.24) is 0 Å². The van der Waals surface area contributed by atoms with E-state index in [0.29, 0.717) is 0 Å². The molecule has 0 bridgehead atoms. The Hall–Kier alpha value is -4.49. The Labute approximate surface area is 326 Å². The summed E-state index contributed by atoms with van der Waals surface area (Å²) in [7, 11) is 0. The van der Waals surface area contributed by atoms with Crippen molar-refractivity contribution < 1.29 is 13.9 Å². The number of fused-ring (bicyclic) bond motifs is 8. The number of morpholine rings is 1. The van der Waals surface area contributed by atoms with E-state index in [0.717, 1.165) is 72.7 Å². The van der Waals surface area contributed by atoms with Gasteiger partial charge in [0.15, 0.2) is 5.60 Å². The zero-order valence-corrected chi connectivity index (χ0v) is 32.9. The fourth-order valence-corrected chi connectivity index (χ4v) is 10.7. The third kappa shape index (κ3) is 5.44. The second kappa shape index (κ2) is 14.0. The van der Waals surface area contributed by atoms with E-state index in [9.17, 15) is 4.39 Å². The molecule has 6 aromatic carbocycles. The Morgan fingerprint density at radius 3 is 2.02 bits per heavy atom. The molecule has 2 heterocycles. The van der Waals surface area contributed by atoms with Gasteiger partial charge in [-0.2, -0.15) is 0 Å². The van der Waals surface area contributed by atoms with Crippen molar-refractivity contribution in [3.8, 4) is 28.0 Å². The molecular formula is C48H44FNO2S2. The largest absolute Gasteiger partial charge is 0.472 e. The van der Waals surface area contributed by atoms with Crippen LogP contribution in [0.1, 0.15) is 54.5 Å². The van der Waals surface area contributed by atoms with Crippen molar-refractivity contribution in [2.45, 2.75) is 47.5 Å². The number of benzene rings is 6. The first-order valence-corrected chi connectivity index (χ1v) is 21.4. The van der Waals surface area contributed by atoms with E-state index in [4.69, 9.17) is 9.47 Å². The summed E-state index contributed by atoms with van der Waals surface area (Å²) in [5, 5.41) is 2.32. The van der Waals surface area contributed by atoms with Crippen LogP contribution in [0.4, 0.5) is 10.1 Å². The highest BCUT2D eigenvalue weighted by molar-refractivity contribution is 8.01. The fraction of sp³-hybridized carbons (Fsp3) is 0.250. The Balaban J connectivity index is 1.31. The molecule has 0 amide bonds. The maximum atomic E-state index is 14.5. The first-order valence-electron chi connectivity index (χ1n) is 19.0. The van der Waals surface area contributed by atoms with E-state index in [1.807, 2.05) is 12.1 Å². The Kier molecular flexibility index (Phi) is 9.12. The van der Waals surface area contributed by atoms with Crippen LogP contribution >= 0.6 is 23.5 Å². The lowest BCUT2D eigenvalue weighted by molar-refractivity contribution is 0.122. The second-order valence-corrected chi connectivity index (χ2v) is 16.2. The number of hydrogen-bond donors (Lipinski definition) is 0. The molecule has 0 radical (unpaired) electrons. The molecule has 0 saturated carbocycles. The van der Waals surface area contributed by atoms with Crippen LogP contribution in [0.3, 0.4) is 0 Å². The van der Waals surface area contributed by atoms with Gasteiger partial charge in [0.25, 0.3) is 0 Å². The third-order valence-electron chi connectivity index (χ3n) is 12.1. The van der Waals surface area contributed by atoms with Gasteiger partial charge >= 0.3 is 0 Å². The molecule has 0 N–H and O–H groups in total. The molecule has 6 heteroatoms.